The van der Waals surface area contributed by atoms with Crippen molar-refractivity contribution in [3.8, 4) is 5.75 Å². The van der Waals surface area contributed by atoms with E-state index in [1.54, 1.807) is 6.92 Å². The van der Waals surface area contributed by atoms with Crippen LogP contribution in [0.4, 0.5) is 0 Å². The van der Waals surface area contributed by atoms with Crippen LogP contribution in [0, 0.1) is 13.8 Å². The van der Waals surface area contributed by atoms with Gasteiger partial charge in [-0.25, -0.2) is 0 Å². The van der Waals surface area contributed by atoms with Crippen molar-refractivity contribution in [1.29, 1.82) is 0 Å². The quantitative estimate of drug-likeness (QED) is 0.911. The number of hydrogen-bond acceptors (Lipinski definition) is 3. The second kappa shape index (κ2) is 6.28. The molecule has 0 saturated heterocycles. The topological polar surface area (TPSA) is 51.5 Å². The van der Waals surface area contributed by atoms with E-state index in [9.17, 15) is 4.79 Å². The van der Waals surface area contributed by atoms with Gasteiger partial charge in [0.2, 0.25) is 0 Å². The normalized spacial score (nSPS) is 11.9. The second-order valence-electron chi connectivity index (χ2n) is 4.73. The molecule has 0 aliphatic carbocycles. The van der Waals surface area contributed by atoms with Crippen LogP contribution in [0.15, 0.2) is 40.8 Å². The molecule has 1 heterocycles. The Labute approximate surface area is 118 Å². The monoisotopic (exact) mass is 273 g/mol. The van der Waals surface area contributed by atoms with Gasteiger partial charge in [-0.15, -0.1) is 0 Å². The second-order valence-corrected chi connectivity index (χ2v) is 4.73. The maximum absolute atomic E-state index is 12.0. The van der Waals surface area contributed by atoms with E-state index in [1.807, 2.05) is 50.2 Å². The molecule has 20 heavy (non-hydrogen) atoms. The summed E-state index contributed by atoms with van der Waals surface area (Å²) in [6.07, 6.45) is -0.536. The Morgan fingerprint density at radius 1 is 1.30 bits per heavy atom. The Kier molecular flexibility index (Phi) is 4.45. The maximum atomic E-state index is 12.0. The lowest BCUT2D eigenvalue weighted by atomic mass is 10.2. The molecule has 2 rings (SSSR count). The number of rotatable bonds is 5. The van der Waals surface area contributed by atoms with Gasteiger partial charge in [0.05, 0.1) is 0 Å². The molecule has 106 valence electrons. The van der Waals surface area contributed by atoms with Crippen LogP contribution in [-0.4, -0.2) is 12.0 Å². The van der Waals surface area contributed by atoms with Crippen LogP contribution in [0.3, 0.4) is 0 Å². The van der Waals surface area contributed by atoms with E-state index in [2.05, 4.69) is 5.32 Å². The van der Waals surface area contributed by atoms with E-state index in [0.29, 0.717) is 12.3 Å². The SMILES string of the molecule is Cc1cc(CNC(=O)[C@H](C)Oc2ccccc2)c(C)o1. The van der Waals surface area contributed by atoms with Crippen molar-refractivity contribution >= 4 is 5.91 Å². The zero-order chi connectivity index (χ0) is 14.5. The number of carbonyl (C=O) groups is 1. The van der Waals surface area contributed by atoms with E-state index >= 15 is 0 Å². The minimum Gasteiger partial charge on any atom is -0.481 e. The molecule has 4 heteroatoms. The number of amides is 1. The molecule has 0 unspecified atom stereocenters. The summed E-state index contributed by atoms with van der Waals surface area (Å²) < 4.78 is 11.0. The molecule has 1 amide bonds. The first-order valence-corrected chi connectivity index (χ1v) is 6.61. The smallest absolute Gasteiger partial charge is 0.261 e. The number of aryl methyl sites for hydroxylation is 2. The molecule has 0 bridgehead atoms. The third kappa shape index (κ3) is 3.63. The fourth-order valence-electron chi connectivity index (χ4n) is 1.94. The molecule has 1 aromatic heterocycles. The molecule has 0 fully saturated rings. The molecule has 0 aliphatic rings. The van der Waals surface area contributed by atoms with Crippen molar-refractivity contribution in [2.75, 3.05) is 0 Å². The molecular weight excluding hydrogens is 254 g/mol. The van der Waals surface area contributed by atoms with Crippen LogP contribution in [-0.2, 0) is 11.3 Å². The Hall–Kier alpha value is -2.23. The van der Waals surface area contributed by atoms with Crippen LogP contribution in [0.1, 0.15) is 24.0 Å². The van der Waals surface area contributed by atoms with Crippen LogP contribution in [0.25, 0.3) is 0 Å². The van der Waals surface area contributed by atoms with Crippen molar-refractivity contribution in [2.45, 2.75) is 33.4 Å². The molecule has 0 saturated carbocycles. The van der Waals surface area contributed by atoms with E-state index in [4.69, 9.17) is 9.15 Å². The molecule has 4 nitrogen and oxygen atoms in total. The first kappa shape index (κ1) is 14.2. The van der Waals surface area contributed by atoms with Crippen molar-refractivity contribution < 1.29 is 13.9 Å². The zero-order valence-electron chi connectivity index (χ0n) is 12.0. The van der Waals surface area contributed by atoms with Crippen LogP contribution >= 0.6 is 0 Å². The molecule has 1 atom stereocenters. The summed E-state index contributed by atoms with van der Waals surface area (Å²) >= 11 is 0. The lowest BCUT2D eigenvalue weighted by Crippen LogP contribution is -2.35. The number of ether oxygens (including phenoxy) is 1. The summed E-state index contributed by atoms with van der Waals surface area (Å²) in [6.45, 7) is 5.96. The molecule has 1 N–H and O–H groups in total. The van der Waals surface area contributed by atoms with Crippen LogP contribution in [0.5, 0.6) is 5.75 Å². The fourth-order valence-corrected chi connectivity index (χ4v) is 1.94. The molecular formula is C16H19NO3. The van der Waals surface area contributed by atoms with Gasteiger partial charge in [-0.2, -0.15) is 0 Å². The third-order valence-electron chi connectivity index (χ3n) is 3.02. The largest absolute Gasteiger partial charge is 0.481 e. The number of nitrogens with one attached hydrogen (secondary N) is 1. The lowest BCUT2D eigenvalue weighted by molar-refractivity contribution is -0.127. The molecule has 2 aromatic rings. The highest BCUT2D eigenvalue weighted by Gasteiger charge is 2.15. The summed E-state index contributed by atoms with van der Waals surface area (Å²) in [6, 6.07) is 11.2. The first-order valence-electron chi connectivity index (χ1n) is 6.61. The molecule has 0 aliphatic heterocycles. The average molecular weight is 273 g/mol. The van der Waals surface area contributed by atoms with Gasteiger partial charge in [0.25, 0.3) is 5.91 Å². The van der Waals surface area contributed by atoms with Crippen LogP contribution < -0.4 is 10.1 Å². The van der Waals surface area contributed by atoms with Crippen molar-refractivity contribution in [2.24, 2.45) is 0 Å². The van der Waals surface area contributed by atoms with E-state index in [0.717, 1.165) is 17.1 Å². The summed E-state index contributed by atoms with van der Waals surface area (Å²) in [5.41, 5.74) is 0.989. The predicted molar refractivity (Wildman–Crippen MR) is 76.6 cm³/mol. The maximum Gasteiger partial charge on any atom is 0.261 e. The van der Waals surface area contributed by atoms with E-state index in [-0.39, 0.29) is 5.91 Å². The number of carbonyl (C=O) groups excluding carboxylic acids is 1. The number of furan rings is 1. The summed E-state index contributed by atoms with van der Waals surface area (Å²) in [5, 5.41) is 2.85. The van der Waals surface area contributed by atoms with Gasteiger partial charge in [-0.1, -0.05) is 18.2 Å². The van der Waals surface area contributed by atoms with Gasteiger partial charge in [0.15, 0.2) is 6.10 Å². The predicted octanol–water partition coefficient (Wildman–Crippen LogP) is 2.98. The van der Waals surface area contributed by atoms with Crippen molar-refractivity contribution in [1.82, 2.24) is 5.32 Å². The average Bonchev–Trinajstić information content (AvgIpc) is 2.75. The molecule has 0 spiro atoms. The van der Waals surface area contributed by atoms with E-state index in [1.165, 1.54) is 0 Å². The molecule has 1 aromatic carbocycles. The van der Waals surface area contributed by atoms with Crippen molar-refractivity contribution in [3.05, 3.63) is 53.5 Å². The van der Waals surface area contributed by atoms with Gasteiger partial charge >= 0.3 is 0 Å². The standard InChI is InChI=1S/C16H19NO3/c1-11-9-14(12(2)19-11)10-17-16(18)13(3)20-15-7-5-4-6-8-15/h4-9,13H,10H2,1-3H3,(H,17,18)/t13-/m0/s1. The summed E-state index contributed by atoms with van der Waals surface area (Å²) in [4.78, 5) is 12.0. The number of hydrogen-bond donors (Lipinski definition) is 1. The fraction of sp³-hybridized carbons (Fsp3) is 0.312. The van der Waals surface area contributed by atoms with Gasteiger partial charge in [-0.3, -0.25) is 4.79 Å². The highest BCUT2D eigenvalue weighted by molar-refractivity contribution is 5.80. The summed E-state index contributed by atoms with van der Waals surface area (Å²) in [5.74, 6) is 2.22. The van der Waals surface area contributed by atoms with E-state index < -0.39 is 6.10 Å². The van der Waals surface area contributed by atoms with Gasteiger partial charge in [0, 0.05) is 12.1 Å². The molecule has 0 radical (unpaired) electrons. The Bertz CT molecular complexity index is 575. The highest BCUT2D eigenvalue weighted by Crippen LogP contribution is 2.14. The first-order chi connectivity index (χ1) is 9.56. The third-order valence-corrected chi connectivity index (χ3v) is 3.02. The minimum atomic E-state index is -0.536. The van der Waals surface area contributed by atoms with Crippen molar-refractivity contribution in [3.63, 3.8) is 0 Å². The Balaban J connectivity index is 1.87. The van der Waals surface area contributed by atoms with Gasteiger partial charge in [0.1, 0.15) is 17.3 Å². The summed E-state index contributed by atoms with van der Waals surface area (Å²) in [7, 11) is 0. The minimum absolute atomic E-state index is 0.146. The number of para-hydroxylation sites is 1. The Morgan fingerprint density at radius 2 is 2.00 bits per heavy atom. The van der Waals surface area contributed by atoms with Gasteiger partial charge in [-0.05, 0) is 39.0 Å². The van der Waals surface area contributed by atoms with Gasteiger partial charge < -0.3 is 14.5 Å². The Morgan fingerprint density at radius 3 is 2.60 bits per heavy atom. The highest BCUT2D eigenvalue weighted by atomic mass is 16.5. The number of benzene rings is 1. The zero-order valence-corrected chi connectivity index (χ0v) is 12.0. The van der Waals surface area contributed by atoms with Crippen LogP contribution in [0.2, 0.25) is 0 Å². The lowest BCUT2D eigenvalue weighted by Gasteiger charge is -2.14.